The van der Waals surface area contributed by atoms with Crippen molar-refractivity contribution in [2.75, 3.05) is 13.2 Å². The lowest BCUT2D eigenvalue weighted by Crippen LogP contribution is -2.36. The number of carbonyl (C=O) groups excluding carboxylic acids is 1. The van der Waals surface area contributed by atoms with Gasteiger partial charge in [-0.2, -0.15) is 0 Å². The van der Waals surface area contributed by atoms with Gasteiger partial charge in [0.25, 0.3) is 0 Å². The fourth-order valence-corrected chi connectivity index (χ4v) is 2.06. The molecule has 2 aromatic rings. The first-order valence-electron chi connectivity index (χ1n) is 7.78. The van der Waals surface area contributed by atoms with Gasteiger partial charge in [-0.1, -0.05) is 42.5 Å². The third-order valence-electron chi connectivity index (χ3n) is 3.37. The zero-order valence-electron chi connectivity index (χ0n) is 13.6. The Hall–Kier alpha value is -2.33. The fraction of sp³-hybridized carbons (Fsp3) is 0.316. The molecule has 0 aliphatic carbocycles. The molecule has 122 valence electrons. The number of amides is 1. The van der Waals surface area contributed by atoms with Crippen LogP contribution in [0, 0.1) is 6.92 Å². The van der Waals surface area contributed by atoms with Crippen molar-refractivity contribution in [3.63, 3.8) is 0 Å². The molecule has 1 N–H and O–H groups in total. The lowest BCUT2D eigenvalue weighted by Gasteiger charge is -2.14. The molecule has 0 heterocycles. The maximum absolute atomic E-state index is 11.9. The van der Waals surface area contributed by atoms with Crippen molar-refractivity contribution in [1.29, 1.82) is 0 Å². The highest BCUT2D eigenvalue weighted by molar-refractivity contribution is 5.80. The maximum Gasteiger partial charge on any atom is 0.248 e. The monoisotopic (exact) mass is 313 g/mol. The Morgan fingerprint density at radius 2 is 1.91 bits per heavy atom. The minimum atomic E-state index is -0.492. The van der Waals surface area contributed by atoms with E-state index in [2.05, 4.69) is 5.32 Å². The van der Waals surface area contributed by atoms with E-state index in [-0.39, 0.29) is 5.91 Å². The van der Waals surface area contributed by atoms with Crippen LogP contribution >= 0.6 is 0 Å². The average Bonchev–Trinajstić information content (AvgIpc) is 2.57. The summed E-state index contributed by atoms with van der Waals surface area (Å²) in [5.41, 5.74) is 2.20. The largest absolute Gasteiger partial charge is 0.492 e. The Morgan fingerprint density at radius 1 is 1.13 bits per heavy atom. The lowest BCUT2D eigenvalue weighted by molar-refractivity contribution is -0.132. The van der Waals surface area contributed by atoms with Gasteiger partial charge in [-0.25, -0.2) is 0 Å². The SMILES string of the molecule is Cc1cccc(OCCNC(=O)[C@H](C)OCc2ccccc2)c1. The fourth-order valence-electron chi connectivity index (χ4n) is 2.06. The van der Waals surface area contributed by atoms with Gasteiger partial charge >= 0.3 is 0 Å². The van der Waals surface area contributed by atoms with Crippen LogP contribution in [0.25, 0.3) is 0 Å². The Bertz CT molecular complexity index is 613. The van der Waals surface area contributed by atoms with Gasteiger partial charge in [0.15, 0.2) is 0 Å². The van der Waals surface area contributed by atoms with Crippen LogP contribution in [0.15, 0.2) is 54.6 Å². The molecule has 2 rings (SSSR count). The molecular formula is C19H23NO3. The average molecular weight is 313 g/mol. The molecular weight excluding hydrogens is 290 g/mol. The van der Waals surface area contributed by atoms with Gasteiger partial charge in [-0.3, -0.25) is 4.79 Å². The third kappa shape index (κ3) is 6.12. The summed E-state index contributed by atoms with van der Waals surface area (Å²) in [4.78, 5) is 11.9. The van der Waals surface area contributed by atoms with Crippen molar-refractivity contribution in [3.8, 4) is 5.75 Å². The Morgan fingerprint density at radius 3 is 2.65 bits per heavy atom. The smallest absolute Gasteiger partial charge is 0.248 e. The molecule has 0 saturated heterocycles. The van der Waals surface area contributed by atoms with E-state index in [1.807, 2.05) is 61.5 Å². The molecule has 1 atom stereocenters. The van der Waals surface area contributed by atoms with Crippen LogP contribution in [0.4, 0.5) is 0 Å². The number of carbonyl (C=O) groups is 1. The number of hydrogen-bond acceptors (Lipinski definition) is 3. The summed E-state index contributed by atoms with van der Waals surface area (Å²) in [5.74, 6) is 0.682. The maximum atomic E-state index is 11.9. The normalized spacial score (nSPS) is 11.7. The molecule has 1 amide bonds. The molecule has 0 bridgehead atoms. The van der Waals surface area contributed by atoms with Crippen molar-refractivity contribution in [2.45, 2.75) is 26.6 Å². The number of ether oxygens (including phenoxy) is 2. The molecule has 23 heavy (non-hydrogen) atoms. The summed E-state index contributed by atoms with van der Waals surface area (Å²) >= 11 is 0. The molecule has 4 heteroatoms. The van der Waals surface area contributed by atoms with Gasteiger partial charge < -0.3 is 14.8 Å². The van der Waals surface area contributed by atoms with Crippen LogP contribution in [0.5, 0.6) is 5.75 Å². The van der Waals surface area contributed by atoms with Crippen LogP contribution in [0.2, 0.25) is 0 Å². The van der Waals surface area contributed by atoms with Crippen molar-refractivity contribution in [2.24, 2.45) is 0 Å². The van der Waals surface area contributed by atoms with Crippen LogP contribution in [-0.2, 0) is 16.1 Å². The Balaban J connectivity index is 1.64. The van der Waals surface area contributed by atoms with E-state index >= 15 is 0 Å². The lowest BCUT2D eigenvalue weighted by atomic mass is 10.2. The van der Waals surface area contributed by atoms with E-state index in [1.54, 1.807) is 6.92 Å². The Kier molecular flexibility index (Phi) is 6.63. The predicted octanol–water partition coefficient (Wildman–Crippen LogP) is 3.10. The molecule has 0 aliphatic heterocycles. The van der Waals surface area contributed by atoms with Gasteiger partial charge in [0.1, 0.15) is 18.5 Å². The van der Waals surface area contributed by atoms with E-state index in [9.17, 15) is 4.79 Å². The van der Waals surface area contributed by atoms with Crippen molar-refractivity contribution in [1.82, 2.24) is 5.32 Å². The van der Waals surface area contributed by atoms with Crippen LogP contribution < -0.4 is 10.1 Å². The molecule has 0 unspecified atom stereocenters. The highest BCUT2D eigenvalue weighted by Gasteiger charge is 2.12. The van der Waals surface area contributed by atoms with E-state index in [4.69, 9.17) is 9.47 Å². The quantitative estimate of drug-likeness (QED) is 0.762. The minimum Gasteiger partial charge on any atom is -0.492 e. The van der Waals surface area contributed by atoms with Crippen molar-refractivity contribution >= 4 is 5.91 Å². The van der Waals surface area contributed by atoms with Gasteiger partial charge in [0, 0.05) is 0 Å². The summed E-state index contributed by atoms with van der Waals surface area (Å²) in [6.07, 6.45) is -0.492. The highest BCUT2D eigenvalue weighted by Crippen LogP contribution is 2.11. The second kappa shape index (κ2) is 8.96. The topological polar surface area (TPSA) is 47.6 Å². The first kappa shape index (κ1) is 17.0. The second-order valence-electron chi connectivity index (χ2n) is 5.39. The molecule has 0 spiro atoms. The summed E-state index contributed by atoms with van der Waals surface area (Å²) in [6.45, 7) is 5.07. The Labute approximate surface area is 137 Å². The summed E-state index contributed by atoms with van der Waals surface area (Å²) in [5, 5.41) is 2.81. The zero-order valence-corrected chi connectivity index (χ0v) is 13.6. The molecule has 0 saturated carbocycles. The number of rotatable bonds is 8. The summed E-state index contributed by atoms with van der Waals surface area (Å²) < 4.78 is 11.2. The van der Waals surface area contributed by atoms with Crippen LogP contribution in [0.3, 0.4) is 0 Å². The third-order valence-corrected chi connectivity index (χ3v) is 3.37. The van der Waals surface area contributed by atoms with E-state index in [0.29, 0.717) is 19.8 Å². The van der Waals surface area contributed by atoms with Gasteiger partial charge in [-0.05, 0) is 37.1 Å². The molecule has 0 aliphatic rings. The van der Waals surface area contributed by atoms with Gasteiger partial charge in [0.05, 0.1) is 13.2 Å². The van der Waals surface area contributed by atoms with Crippen molar-refractivity contribution in [3.05, 3.63) is 65.7 Å². The molecule has 2 aromatic carbocycles. The van der Waals surface area contributed by atoms with Crippen LogP contribution in [0.1, 0.15) is 18.1 Å². The van der Waals surface area contributed by atoms with Crippen molar-refractivity contribution < 1.29 is 14.3 Å². The van der Waals surface area contributed by atoms with Gasteiger partial charge in [0.2, 0.25) is 5.91 Å². The van der Waals surface area contributed by atoms with Crippen LogP contribution in [-0.4, -0.2) is 25.2 Å². The minimum absolute atomic E-state index is 0.131. The molecule has 0 aromatic heterocycles. The molecule has 0 radical (unpaired) electrons. The molecule has 4 nitrogen and oxygen atoms in total. The number of hydrogen-bond donors (Lipinski definition) is 1. The zero-order chi connectivity index (χ0) is 16.5. The second-order valence-corrected chi connectivity index (χ2v) is 5.39. The van der Waals surface area contributed by atoms with E-state index in [1.165, 1.54) is 0 Å². The molecule has 0 fully saturated rings. The highest BCUT2D eigenvalue weighted by atomic mass is 16.5. The van der Waals surface area contributed by atoms with Gasteiger partial charge in [-0.15, -0.1) is 0 Å². The van der Waals surface area contributed by atoms with E-state index < -0.39 is 6.10 Å². The summed E-state index contributed by atoms with van der Waals surface area (Å²) in [7, 11) is 0. The summed E-state index contributed by atoms with van der Waals surface area (Å²) in [6, 6.07) is 17.6. The number of aryl methyl sites for hydroxylation is 1. The first-order valence-corrected chi connectivity index (χ1v) is 7.78. The number of benzene rings is 2. The predicted molar refractivity (Wildman–Crippen MR) is 90.4 cm³/mol. The standard InChI is InChI=1S/C19H23NO3/c1-15-7-6-10-18(13-15)22-12-11-20-19(21)16(2)23-14-17-8-4-3-5-9-17/h3-10,13,16H,11-12,14H2,1-2H3,(H,20,21)/t16-/m0/s1. The first-order chi connectivity index (χ1) is 11.1. The van der Waals surface area contributed by atoms with E-state index in [0.717, 1.165) is 16.9 Å². The number of nitrogens with one attached hydrogen (secondary N) is 1.